The number of thioether (sulfide) groups is 1. The van der Waals surface area contributed by atoms with Crippen molar-refractivity contribution < 1.29 is 14.3 Å². The topological polar surface area (TPSA) is 49.9 Å². The largest absolute Gasteiger partial charge is 0.497 e. The van der Waals surface area contributed by atoms with Crippen LogP contribution in [0.2, 0.25) is 0 Å². The number of hydrogen-bond donors (Lipinski definition) is 0. The Kier molecular flexibility index (Phi) is 6.87. The van der Waals surface area contributed by atoms with E-state index in [2.05, 4.69) is 18.7 Å². The van der Waals surface area contributed by atoms with Gasteiger partial charge in [0.25, 0.3) is 11.1 Å². The molecule has 2 amide bonds. The highest BCUT2D eigenvalue weighted by Gasteiger charge is 2.35. The molecule has 1 aromatic carbocycles. The highest BCUT2D eigenvalue weighted by Crippen LogP contribution is 2.32. The number of benzene rings is 1. The molecular formula is C18H24N2O3S. The second-order valence-electron chi connectivity index (χ2n) is 5.64. The first kappa shape index (κ1) is 18.5. The number of ether oxygens (including phenoxy) is 1. The van der Waals surface area contributed by atoms with E-state index in [1.807, 2.05) is 24.3 Å². The minimum Gasteiger partial charge on any atom is -0.497 e. The van der Waals surface area contributed by atoms with E-state index >= 15 is 0 Å². The van der Waals surface area contributed by atoms with Crippen LogP contribution in [0.1, 0.15) is 32.3 Å². The Bertz CT molecular complexity index is 607. The first-order chi connectivity index (χ1) is 11.6. The Morgan fingerprint density at radius 1 is 1.12 bits per heavy atom. The van der Waals surface area contributed by atoms with Crippen molar-refractivity contribution in [3.8, 4) is 5.75 Å². The SMILES string of the molecule is CCCN(CCC)CN1C(=O)S/C(=C\c2ccc(OC)cc2)C1=O. The summed E-state index contributed by atoms with van der Waals surface area (Å²) in [6, 6.07) is 7.40. The van der Waals surface area contributed by atoms with E-state index in [9.17, 15) is 9.59 Å². The second-order valence-corrected chi connectivity index (χ2v) is 6.64. The molecule has 0 bridgehead atoms. The molecule has 0 atom stereocenters. The summed E-state index contributed by atoms with van der Waals surface area (Å²) < 4.78 is 5.12. The molecule has 1 aliphatic heterocycles. The molecular weight excluding hydrogens is 324 g/mol. The molecule has 6 heteroatoms. The molecule has 0 unspecified atom stereocenters. The molecule has 0 N–H and O–H groups in total. The van der Waals surface area contributed by atoms with Crippen LogP contribution in [0.5, 0.6) is 5.75 Å². The van der Waals surface area contributed by atoms with E-state index in [4.69, 9.17) is 4.74 Å². The van der Waals surface area contributed by atoms with E-state index in [-0.39, 0.29) is 11.1 Å². The van der Waals surface area contributed by atoms with Crippen molar-refractivity contribution in [2.45, 2.75) is 26.7 Å². The van der Waals surface area contributed by atoms with Gasteiger partial charge in [0, 0.05) is 0 Å². The van der Waals surface area contributed by atoms with Crippen molar-refractivity contribution in [2.24, 2.45) is 0 Å². The molecule has 0 saturated carbocycles. The zero-order valence-electron chi connectivity index (χ0n) is 14.4. The molecule has 1 heterocycles. The molecule has 0 aliphatic carbocycles. The first-order valence-electron chi connectivity index (χ1n) is 8.20. The predicted octanol–water partition coefficient (Wildman–Crippen LogP) is 3.81. The van der Waals surface area contributed by atoms with Crippen LogP contribution >= 0.6 is 11.8 Å². The highest BCUT2D eigenvalue weighted by molar-refractivity contribution is 8.18. The van der Waals surface area contributed by atoms with Gasteiger partial charge in [0.05, 0.1) is 18.7 Å². The molecule has 2 rings (SSSR count). The van der Waals surface area contributed by atoms with Crippen molar-refractivity contribution in [3.63, 3.8) is 0 Å². The first-order valence-corrected chi connectivity index (χ1v) is 9.02. The van der Waals surface area contributed by atoms with Gasteiger partial charge in [-0.1, -0.05) is 26.0 Å². The number of rotatable bonds is 8. The van der Waals surface area contributed by atoms with Crippen molar-refractivity contribution >= 4 is 29.0 Å². The quantitative estimate of drug-likeness (QED) is 0.669. The Labute approximate surface area is 147 Å². The summed E-state index contributed by atoms with van der Waals surface area (Å²) in [5.41, 5.74) is 0.875. The molecule has 1 aliphatic rings. The monoisotopic (exact) mass is 348 g/mol. The zero-order chi connectivity index (χ0) is 17.5. The fourth-order valence-corrected chi connectivity index (χ4v) is 3.39. The van der Waals surface area contributed by atoms with Gasteiger partial charge >= 0.3 is 0 Å². The van der Waals surface area contributed by atoms with E-state index in [0.717, 1.165) is 49.0 Å². The van der Waals surface area contributed by atoms with Crippen LogP contribution in [-0.2, 0) is 4.79 Å². The molecule has 1 aromatic rings. The van der Waals surface area contributed by atoms with Gasteiger partial charge in [0.15, 0.2) is 0 Å². The highest BCUT2D eigenvalue weighted by atomic mass is 32.2. The Hall–Kier alpha value is -1.79. The predicted molar refractivity (Wildman–Crippen MR) is 97.8 cm³/mol. The number of amides is 2. The van der Waals surface area contributed by atoms with E-state index in [1.54, 1.807) is 13.2 Å². The third-order valence-corrected chi connectivity index (χ3v) is 4.62. The summed E-state index contributed by atoms with van der Waals surface area (Å²) in [6.45, 7) is 6.33. The fourth-order valence-electron chi connectivity index (χ4n) is 2.56. The maximum absolute atomic E-state index is 12.6. The fraction of sp³-hybridized carbons (Fsp3) is 0.444. The average molecular weight is 348 g/mol. The van der Waals surface area contributed by atoms with Gasteiger partial charge in [-0.3, -0.25) is 19.4 Å². The lowest BCUT2D eigenvalue weighted by Gasteiger charge is -2.25. The normalized spacial score (nSPS) is 16.5. The number of hydrogen-bond acceptors (Lipinski definition) is 5. The third kappa shape index (κ3) is 4.61. The van der Waals surface area contributed by atoms with E-state index in [1.165, 1.54) is 4.90 Å². The van der Waals surface area contributed by atoms with Crippen molar-refractivity contribution in [2.75, 3.05) is 26.9 Å². The van der Waals surface area contributed by atoms with Gasteiger partial charge in [0.1, 0.15) is 5.75 Å². The number of methoxy groups -OCH3 is 1. The van der Waals surface area contributed by atoms with Gasteiger partial charge in [0.2, 0.25) is 0 Å². The van der Waals surface area contributed by atoms with Crippen molar-refractivity contribution in [3.05, 3.63) is 34.7 Å². The van der Waals surface area contributed by atoms with Gasteiger partial charge in [-0.05, 0) is 61.5 Å². The Balaban J connectivity index is 2.10. The number of carbonyl (C=O) groups excluding carboxylic acids is 2. The van der Waals surface area contributed by atoms with Crippen LogP contribution in [0.25, 0.3) is 6.08 Å². The standard InChI is InChI=1S/C18H24N2O3S/c1-4-10-19(11-5-2)13-20-17(21)16(24-18(20)22)12-14-6-8-15(23-3)9-7-14/h6-9,12H,4-5,10-11,13H2,1-3H3/b16-12-. The van der Waals surface area contributed by atoms with Crippen LogP contribution in [0.4, 0.5) is 4.79 Å². The van der Waals surface area contributed by atoms with Gasteiger partial charge < -0.3 is 4.74 Å². The number of nitrogens with zero attached hydrogens (tertiary/aromatic N) is 2. The van der Waals surface area contributed by atoms with Crippen LogP contribution in [0.3, 0.4) is 0 Å². The van der Waals surface area contributed by atoms with Crippen molar-refractivity contribution in [1.29, 1.82) is 0 Å². The van der Waals surface area contributed by atoms with Crippen LogP contribution in [-0.4, -0.2) is 47.8 Å². The van der Waals surface area contributed by atoms with E-state index < -0.39 is 0 Å². The lowest BCUT2D eigenvalue weighted by molar-refractivity contribution is -0.124. The molecule has 0 spiro atoms. The third-order valence-electron chi connectivity index (χ3n) is 3.71. The lowest BCUT2D eigenvalue weighted by atomic mass is 10.2. The lowest BCUT2D eigenvalue weighted by Crippen LogP contribution is -2.41. The van der Waals surface area contributed by atoms with Crippen LogP contribution in [0.15, 0.2) is 29.2 Å². The molecule has 5 nitrogen and oxygen atoms in total. The summed E-state index contributed by atoms with van der Waals surface area (Å²) >= 11 is 1.01. The zero-order valence-corrected chi connectivity index (χ0v) is 15.3. The maximum atomic E-state index is 12.6. The summed E-state index contributed by atoms with van der Waals surface area (Å²) in [4.78, 5) is 28.7. The summed E-state index contributed by atoms with van der Waals surface area (Å²) in [5, 5.41) is -0.197. The van der Waals surface area contributed by atoms with Crippen LogP contribution < -0.4 is 4.74 Å². The Morgan fingerprint density at radius 2 is 1.75 bits per heavy atom. The van der Waals surface area contributed by atoms with Crippen molar-refractivity contribution in [1.82, 2.24) is 9.80 Å². The Morgan fingerprint density at radius 3 is 2.29 bits per heavy atom. The molecule has 0 aromatic heterocycles. The summed E-state index contributed by atoms with van der Waals surface area (Å²) in [7, 11) is 1.61. The molecule has 130 valence electrons. The second kappa shape index (κ2) is 8.89. The smallest absolute Gasteiger partial charge is 0.294 e. The average Bonchev–Trinajstić information content (AvgIpc) is 2.83. The maximum Gasteiger partial charge on any atom is 0.294 e. The molecule has 1 fully saturated rings. The van der Waals surface area contributed by atoms with Gasteiger partial charge in [-0.25, -0.2) is 0 Å². The van der Waals surface area contributed by atoms with Gasteiger partial charge in [-0.15, -0.1) is 0 Å². The number of imide groups is 1. The summed E-state index contributed by atoms with van der Waals surface area (Å²) in [5.74, 6) is 0.549. The number of carbonyl (C=O) groups is 2. The molecule has 1 saturated heterocycles. The minimum atomic E-state index is -0.210. The van der Waals surface area contributed by atoms with Gasteiger partial charge in [-0.2, -0.15) is 0 Å². The van der Waals surface area contributed by atoms with E-state index in [0.29, 0.717) is 11.6 Å². The van der Waals surface area contributed by atoms with Crippen LogP contribution in [0, 0.1) is 0 Å². The molecule has 0 radical (unpaired) electrons. The summed E-state index contributed by atoms with van der Waals surface area (Å²) in [6.07, 6.45) is 3.75. The minimum absolute atomic E-state index is 0.197. The molecule has 24 heavy (non-hydrogen) atoms.